The van der Waals surface area contributed by atoms with E-state index in [-0.39, 0.29) is 6.54 Å². The van der Waals surface area contributed by atoms with Gasteiger partial charge in [-0.15, -0.1) is 0 Å². The normalized spacial score (nSPS) is 22.0. The molecule has 1 saturated heterocycles. The monoisotopic (exact) mass is 377 g/mol. The molecule has 140 valence electrons. The Kier molecular flexibility index (Phi) is 5.62. The number of fused-ring (bicyclic) bond motifs is 1. The quantitative estimate of drug-likeness (QED) is 0.798. The third-order valence-electron chi connectivity index (χ3n) is 4.86. The van der Waals surface area contributed by atoms with Gasteiger partial charge in [0.05, 0.1) is 5.69 Å². The molecular weight excluding hydrogens is 355 g/mol. The van der Waals surface area contributed by atoms with E-state index in [2.05, 4.69) is 10.3 Å². The number of halogens is 3. The zero-order valence-electron chi connectivity index (χ0n) is 13.8. The number of carboxylic acids is 1. The largest absolute Gasteiger partial charge is 0.480 e. The van der Waals surface area contributed by atoms with Gasteiger partial charge in [0.2, 0.25) is 5.82 Å². The van der Waals surface area contributed by atoms with E-state index in [0.717, 1.165) is 24.3 Å². The van der Waals surface area contributed by atoms with Crippen LogP contribution in [0.1, 0.15) is 42.9 Å². The predicted octanol–water partition coefficient (Wildman–Crippen LogP) is 2.92. The minimum Gasteiger partial charge on any atom is -0.480 e. The van der Waals surface area contributed by atoms with Crippen LogP contribution < -0.4 is 5.32 Å². The van der Waals surface area contributed by atoms with E-state index in [0.29, 0.717) is 43.1 Å². The Morgan fingerprint density at radius 2 is 2.24 bits per heavy atom. The second kappa shape index (κ2) is 7.57. The van der Waals surface area contributed by atoms with E-state index >= 15 is 0 Å². The van der Waals surface area contributed by atoms with Crippen molar-refractivity contribution in [2.45, 2.75) is 57.4 Å². The van der Waals surface area contributed by atoms with Crippen molar-refractivity contribution in [1.82, 2.24) is 14.9 Å². The van der Waals surface area contributed by atoms with Gasteiger partial charge in [-0.3, -0.25) is 10.1 Å². The van der Waals surface area contributed by atoms with E-state index in [4.69, 9.17) is 0 Å². The lowest BCUT2D eigenvalue weighted by Gasteiger charge is -2.19. The number of aromatic nitrogens is 2. The molecule has 25 heavy (non-hydrogen) atoms. The maximum absolute atomic E-state index is 13.2. The van der Waals surface area contributed by atoms with Crippen molar-refractivity contribution >= 4 is 17.7 Å². The Morgan fingerprint density at radius 1 is 1.44 bits per heavy atom. The summed E-state index contributed by atoms with van der Waals surface area (Å²) in [4.78, 5) is 15.3. The fourth-order valence-corrected chi connectivity index (χ4v) is 4.87. The SMILES string of the molecule is O=C(O)C(CC1CCSC1)NCc1nc(C(F)(F)F)n2c1CCCC2. The molecule has 0 bridgehead atoms. The number of aliphatic carboxylic acids is 1. The molecule has 2 atom stereocenters. The van der Waals surface area contributed by atoms with Crippen LogP contribution in [0.5, 0.6) is 0 Å². The van der Waals surface area contributed by atoms with E-state index in [1.807, 2.05) is 11.8 Å². The topological polar surface area (TPSA) is 67.2 Å². The zero-order valence-corrected chi connectivity index (χ0v) is 14.6. The van der Waals surface area contributed by atoms with Crippen LogP contribution in [0.15, 0.2) is 0 Å². The van der Waals surface area contributed by atoms with Crippen molar-refractivity contribution in [2.24, 2.45) is 5.92 Å². The van der Waals surface area contributed by atoms with Crippen LogP contribution in [-0.4, -0.2) is 38.2 Å². The third-order valence-corrected chi connectivity index (χ3v) is 6.09. The number of rotatable bonds is 6. The van der Waals surface area contributed by atoms with Crippen LogP contribution in [-0.2, 0) is 30.5 Å². The summed E-state index contributed by atoms with van der Waals surface area (Å²) in [7, 11) is 0. The number of alkyl halides is 3. The average Bonchev–Trinajstić information content (AvgIpc) is 3.18. The molecule has 3 rings (SSSR count). The second-order valence-electron chi connectivity index (χ2n) is 6.67. The lowest BCUT2D eigenvalue weighted by Crippen LogP contribution is -2.38. The van der Waals surface area contributed by atoms with Gasteiger partial charge in [-0.25, -0.2) is 4.98 Å². The molecule has 2 aliphatic rings. The summed E-state index contributed by atoms with van der Waals surface area (Å²) >= 11 is 1.81. The molecule has 0 spiro atoms. The van der Waals surface area contributed by atoms with Crippen LogP contribution in [0.25, 0.3) is 0 Å². The molecule has 2 unspecified atom stereocenters. The number of imidazole rings is 1. The zero-order chi connectivity index (χ0) is 18.0. The molecule has 3 heterocycles. The van der Waals surface area contributed by atoms with Gasteiger partial charge in [0.15, 0.2) is 0 Å². The van der Waals surface area contributed by atoms with Crippen molar-refractivity contribution in [1.29, 1.82) is 0 Å². The highest BCUT2D eigenvalue weighted by atomic mass is 32.2. The Morgan fingerprint density at radius 3 is 2.88 bits per heavy atom. The molecule has 2 aliphatic heterocycles. The van der Waals surface area contributed by atoms with Gasteiger partial charge in [-0.05, 0) is 49.5 Å². The molecule has 0 amide bonds. The molecule has 1 fully saturated rings. The fourth-order valence-electron chi connectivity index (χ4n) is 3.57. The summed E-state index contributed by atoms with van der Waals surface area (Å²) in [6.07, 6.45) is -0.901. The number of nitrogens with one attached hydrogen (secondary N) is 1. The summed E-state index contributed by atoms with van der Waals surface area (Å²) in [5.74, 6) is 0.517. The maximum Gasteiger partial charge on any atom is 0.449 e. The number of nitrogens with zero attached hydrogens (tertiary/aromatic N) is 2. The Balaban J connectivity index is 1.73. The molecule has 5 nitrogen and oxygen atoms in total. The van der Waals surface area contributed by atoms with Crippen molar-refractivity contribution in [3.63, 3.8) is 0 Å². The van der Waals surface area contributed by atoms with Crippen molar-refractivity contribution in [3.8, 4) is 0 Å². The Labute approximate surface area is 148 Å². The van der Waals surface area contributed by atoms with Crippen molar-refractivity contribution in [2.75, 3.05) is 11.5 Å². The first-order valence-corrected chi connectivity index (χ1v) is 9.71. The molecule has 1 aromatic heterocycles. The van der Waals surface area contributed by atoms with Gasteiger partial charge in [0.1, 0.15) is 6.04 Å². The first-order valence-electron chi connectivity index (χ1n) is 8.55. The van der Waals surface area contributed by atoms with Gasteiger partial charge in [-0.2, -0.15) is 24.9 Å². The summed E-state index contributed by atoms with van der Waals surface area (Å²) in [5, 5.41) is 12.3. The highest BCUT2D eigenvalue weighted by Gasteiger charge is 2.39. The van der Waals surface area contributed by atoms with Gasteiger partial charge in [0.25, 0.3) is 0 Å². The van der Waals surface area contributed by atoms with Crippen molar-refractivity contribution in [3.05, 3.63) is 17.2 Å². The molecule has 1 aromatic rings. The Bertz CT molecular complexity index is 627. The first kappa shape index (κ1) is 18.6. The van der Waals surface area contributed by atoms with Crippen LogP contribution >= 0.6 is 11.8 Å². The number of carbonyl (C=O) groups is 1. The molecule has 9 heteroatoms. The summed E-state index contributed by atoms with van der Waals surface area (Å²) in [6.45, 7) is 0.376. The lowest BCUT2D eigenvalue weighted by molar-refractivity contribution is -0.147. The number of hydrogen-bond acceptors (Lipinski definition) is 4. The third kappa shape index (κ3) is 4.31. The van der Waals surface area contributed by atoms with Gasteiger partial charge in [0, 0.05) is 18.8 Å². The standard InChI is InChI=1S/C16H22F3N3O2S/c17-16(18,19)15-21-12(13-3-1-2-5-22(13)15)8-20-11(14(23)24)7-10-4-6-25-9-10/h10-11,20H,1-9H2,(H,23,24). The highest BCUT2D eigenvalue weighted by molar-refractivity contribution is 7.99. The van der Waals surface area contributed by atoms with Crippen LogP contribution in [0.2, 0.25) is 0 Å². The smallest absolute Gasteiger partial charge is 0.449 e. The summed E-state index contributed by atoms with van der Waals surface area (Å²) in [5.41, 5.74) is 0.922. The van der Waals surface area contributed by atoms with Crippen LogP contribution in [0.3, 0.4) is 0 Å². The molecular formula is C16H22F3N3O2S. The maximum atomic E-state index is 13.2. The first-order chi connectivity index (χ1) is 11.9. The minimum atomic E-state index is -4.49. The van der Waals surface area contributed by atoms with E-state index in [1.165, 1.54) is 4.57 Å². The summed E-state index contributed by atoms with van der Waals surface area (Å²) in [6, 6.07) is -0.751. The van der Waals surface area contributed by atoms with Crippen LogP contribution in [0, 0.1) is 5.92 Å². The highest BCUT2D eigenvalue weighted by Crippen LogP contribution is 2.33. The lowest BCUT2D eigenvalue weighted by atomic mass is 9.99. The second-order valence-corrected chi connectivity index (χ2v) is 7.82. The Hall–Kier alpha value is -1.22. The minimum absolute atomic E-state index is 0.0578. The fraction of sp³-hybridized carbons (Fsp3) is 0.750. The molecule has 0 radical (unpaired) electrons. The van der Waals surface area contributed by atoms with E-state index in [1.54, 1.807) is 0 Å². The number of thioether (sulfide) groups is 1. The van der Waals surface area contributed by atoms with E-state index < -0.39 is 24.0 Å². The summed E-state index contributed by atoms with van der Waals surface area (Å²) < 4.78 is 40.8. The van der Waals surface area contributed by atoms with Gasteiger partial charge >= 0.3 is 12.1 Å². The van der Waals surface area contributed by atoms with Gasteiger partial charge < -0.3 is 9.67 Å². The number of hydrogen-bond donors (Lipinski definition) is 2. The average molecular weight is 377 g/mol. The molecule has 0 aromatic carbocycles. The van der Waals surface area contributed by atoms with Gasteiger partial charge in [-0.1, -0.05) is 0 Å². The molecule has 2 N–H and O–H groups in total. The molecule has 0 saturated carbocycles. The van der Waals surface area contributed by atoms with E-state index in [9.17, 15) is 23.1 Å². The van der Waals surface area contributed by atoms with Crippen molar-refractivity contribution < 1.29 is 23.1 Å². The predicted molar refractivity (Wildman–Crippen MR) is 88.5 cm³/mol. The van der Waals surface area contributed by atoms with Crippen LogP contribution in [0.4, 0.5) is 13.2 Å². The number of carboxylic acid groups (broad SMARTS) is 1. The molecule has 0 aliphatic carbocycles.